The molecule has 0 aliphatic rings. The number of aryl methyl sites for hydroxylation is 2. The Bertz CT molecular complexity index is 830. The van der Waals surface area contributed by atoms with Crippen LogP contribution in [-0.2, 0) is 6.42 Å². The van der Waals surface area contributed by atoms with Gasteiger partial charge in [0.15, 0.2) is 5.82 Å². The minimum Gasteiger partial charge on any atom is -0.228 e. The second-order valence-electron chi connectivity index (χ2n) is 4.98. The van der Waals surface area contributed by atoms with Crippen LogP contribution in [0.2, 0.25) is 5.15 Å². The van der Waals surface area contributed by atoms with Crippen molar-refractivity contribution in [3.05, 3.63) is 58.5 Å². The maximum absolute atomic E-state index is 14.2. The number of nitrogens with zero attached hydrogens (tertiary/aromatic N) is 2. The van der Waals surface area contributed by atoms with E-state index >= 15 is 0 Å². The summed E-state index contributed by atoms with van der Waals surface area (Å²) in [5.41, 5.74) is 2.83. The first-order chi connectivity index (χ1) is 10.1. The molecule has 0 radical (unpaired) electrons. The van der Waals surface area contributed by atoms with Gasteiger partial charge in [0.25, 0.3) is 0 Å². The predicted octanol–water partition coefficient (Wildman–Crippen LogP) is 4.96. The molecule has 0 atom stereocenters. The van der Waals surface area contributed by atoms with Gasteiger partial charge < -0.3 is 0 Å². The highest BCUT2D eigenvalue weighted by molar-refractivity contribution is 6.34. The molecule has 0 saturated heterocycles. The lowest BCUT2D eigenvalue weighted by Gasteiger charge is -2.08. The van der Waals surface area contributed by atoms with E-state index in [1.165, 1.54) is 5.56 Å². The lowest BCUT2D eigenvalue weighted by atomic mass is 10.1. The van der Waals surface area contributed by atoms with Gasteiger partial charge in [-0.2, -0.15) is 0 Å². The van der Waals surface area contributed by atoms with Crippen molar-refractivity contribution in [1.29, 1.82) is 0 Å². The Morgan fingerprint density at radius 3 is 2.71 bits per heavy atom. The molecule has 0 saturated carbocycles. The maximum atomic E-state index is 14.2. The van der Waals surface area contributed by atoms with Crippen LogP contribution in [0.5, 0.6) is 0 Å². The minimum atomic E-state index is -0.307. The Balaban J connectivity index is 2.23. The average Bonchev–Trinajstić information content (AvgIpc) is 2.49. The highest BCUT2D eigenvalue weighted by Gasteiger charge is 2.13. The number of benzene rings is 2. The fourth-order valence-corrected chi connectivity index (χ4v) is 2.53. The smallest absolute Gasteiger partial charge is 0.164 e. The first kappa shape index (κ1) is 14.0. The highest BCUT2D eigenvalue weighted by Crippen LogP contribution is 2.28. The molecule has 0 aliphatic carbocycles. The fourth-order valence-electron chi connectivity index (χ4n) is 2.30. The van der Waals surface area contributed by atoms with Crippen LogP contribution in [0.25, 0.3) is 22.3 Å². The van der Waals surface area contributed by atoms with Gasteiger partial charge in [-0.05, 0) is 42.7 Å². The molecule has 106 valence electrons. The zero-order valence-corrected chi connectivity index (χ0v) is 12.6. The molecule has 0 fully saturated rings. The molecule has 4 heteroatoms. The molecule has 3 rings (SSSR count). The van der Waals surface area contributed by atoms with E-state index in [0.717, 1.165) is 17.3 Å². The Morgan fingerprint density at radius 1 is 1.14 bits per heavy atom. The molecule has 0 N–H and O–H groups in total. The molecular weight excluding hydrogens is 287 g/mol. The minimum absolute atomic E-state index is 0.307. The summed E-state index contributed by atoms with van der Waals surface area (Å²) in [6.45, 7) is 3.79. The second-order valence-corrected chi connectivity index (χ2v) is 5.34. The summed E-state index contributed by atoms with van der Waals surface area (Å²) in [7, 11) is 0. The Kier molecular flexibility index (Phi) is 3.60. The van der Waals surface area contributed by atoms with E-state index in [0.29, 0.717) is 22.1 Å². The van der Waals surface area contributed by atoms with Crippen LogP contribution in [0.1, 0.15) is 18.1 Å². The van der Waals surface area contributed by atoms with E-state index in [9.17, 15) is 4.39 Å². The summed E-state index contributed by atoms with van der Waals surface area (Å²) in [6.07, 6.45) is 0.917. The molecule has 0 bridgehead atoms. The third-order valence-corrected chi connectivity index (χ3v) is 3.84. The van der Waals surface area contributed by atoms with E-state index in [-0.39, 0.29) is 5.82 Å². The monoisotopic (exact) mass is 300 g/mol. The highest BCUT2D eigenvalue weighted by atomic mass is 35.5. The van der Waals surface area contributed by atoms with Gasteiger partial charge in [-0.1, -0.05) is 36.7 Å². The van der Waals surface area contributed by atoms with Gasteiger partial charge in [-0.25, -0.2) is 14.4 Å². The van der Waals surface area contributed by atoms with E-state index in [1.54, 1.807) is 25.1 Å². The summed E-state index contributed by atoms with van der Waals surface area (Å²) in [6, 6.07) is 11.1. The molecule has 2 aromatic carbocycles. The summed E-state index contributed by atoms with van der Waals surface area (Å²) in [5.74, 6) is 0.0102. The predicted molar refractivity (Wildman–Crippen MR) is 84.1 cm³/mol. The summed E-state index contributed by atoms with van der Waals surface area (Å²) in [5, 5.41) is 1.15. The number of rotatable bonds is 2. The number of hydrogen-bond acceptors (Lipinski definition) is 2. The Hall–Kier alpha value is -2.00. The average molecular weight is 301 g/mol. The zero-order valence-electron chi connectivity index (χ0n) is 11.8. The SMILES string of the molecule is CCc1ccc2nc(-c3cccc(C)c3F)nc(Cl)c2c1. The van der Waals surface area contributed by atoms with Crippen molar-refractivity contribution < 1.29 is 4.39 Å². The molecule has 1 heterocycles. The van der Waals surface area contributed by atoms with Crippen LogP contribution < -0.4 is 0 Å². The number of halogens is 2. The van der Waals surface area contributed by atoms with Crippen molar-refractivity contribution in [2.75, 3.05) is 0 Å². The van der Waals surface area contributed by atoms with Crippen LogP contribution >= 0.6 is 11.6 Å². The van der Waals surface area contributed by atoms with Crippen molar-refractivity contribution in [2.24, 2.45) is 0 Å². The molecule has 21 heavy (non-hydrogen) atoms. The van der Waals surface area contributed by atoms with E-state index in [2.05, 4.69) is 16.9 Å². The standard InChI is InChI=1S/C17H14ClFN2/c1-3-11-7-8-14-13(9-11)16(18)21-17(20-14)12-6-4-5-10(2)15(12)19/h4-9H,3H2,1-2H3. The normalized spacial score (nSPS) is 11.0. The lowest BCUT2D eigenvalue weighted by molar-refractivity contribution is 0.621. The van der Waals surface area contributed by atoms with Gasteiger partial charge in [-0.15, -0.1) is 0 Å². The van der Waals surface area contributed by atoms with Crippen molar-refractivity contribution >= 4 is 22.5 Å². The van der Waals surface area contributed by atoms with E-state index < -0.39 is 0 Å². The van der Waals surface area contributed by atoms with Crippen molar-refractivity contribution in [3.63, 3.8) is 0 Å². The van der Waals surface area contributed by atoms with Gasteiger partial charge in [0.2, 0.25) is 0 Å². The molecule has 0 unspecified atom stereocenters. The largest absolute Gasteiger partial charge is 0.228 e. The maximum Gasteiger partial charge on any atom is 0.164 e. The number of aromatic nitrogens is 2. The molecule has 3 aromatic rings. The van der Waals surface area contributed by atoms with E-state index in [4.69, 9.17) is 11.6 Å². The Morgan fingerprint density at radius 2 is 1.95 bits per heavy atom. The van der Waals surface area contributed by atoms with Crippen molar-refractivity contribution in [1.82, 2.24) is 9.97 Å². The zero-order chi connectivity index (χ0) is 15.0. The molecule has 0 amide bonds. The summed E-state index contributed by atoms with van der Waals surface area (Å²) >= 11 is 6.26. The van der Waals surface area contributed by atoms with E-state index in [1.807, 2.05) is 18.2 Å². The molecular formula is C17H14ClFN2. The first-order valence-corrected chi connectivity index (χ1v) is 7.19. The summed E-state index contributed by atoms with van der Waals surface area (Å²) < 4.78 is 14.2. The summed E-state index contributed by atoms with van der Waals surface area (Å²) in [4.78, 5) is 8.71. The molecule has 0 aliphatic heterocycles. The quantitative estimate of drug-likeness (QED) is 0.625. The molecule has 2 nitrogen and oxygen atoms in total. The number of hydrogen-bond donors (Lipinski definition) is 0. The van der Waals surface area contributed by atoms with Gasteiger partial charge in [-0.3, -0.25) is 0 Å². The number of fused-ring (bicyclic) bond motifs is 1. The fraction of sp³-hybridized carbons (Fsp3) is 0.176. The van der Waals surface area contributed by atoms with Crippen LogP contribution in [0, 0.1) is 12.7 Å². The van der Waals surface area contributed by atoms with Crippen LogP contribution in [0.15, 0.2) is 36.4 Å². The lowest BCUT2D eigenvalue weighted by Crippen LogP contribution is -1.96. The topological polar surface area (TPSA) is 25.8 Å². The van der Waals surface area contributed by atoms with Crippen molar-refractivity contribution in [3.8, 4) is 11.4 Å². The second kappa shape index (κ2) is 5.41. The van der Waals surface area contributed by atoms with Crippen LogP contribution in [0.3, 0.4) is 0 Å². The van der Waals surface area contributed by atoms with Crippen molar-refractivity contribution in [2.45, 2.75) is 20.3 Å². The molecule has 0 spiro atoms. The van der Waals surface area contributed by atoms with Crippen LogP contribution in [0.4, 0.5) is 4.39 Å². The van der Waals surface area contributed by atoms with Gasteiger partial charge >= 0.3 is 0 Å². The van der Waals surface area contributed by atoms with Gasteiger partial charge in [0, 0.05) is 5.39 Å². The van der Waals surface area contributed by atoms with Crippen LogP contribution in [-0.4, -0.2) is 9.97 Å². The first-order valence-electron chi connectivity index (χ1n) is 6.82. The van der Waals surface area contributed by atoms with Gasteiger partial charge in [0.1, 0.15) is 11.0 Å². The third-order valence-electron chi connectivity index (χ3n) is 3.55. The third kappa shape index (κ3) is 2.49. The molecule has 1 aromatic heterocycles. The Labute approximate surface area is 127 Å². The van der Waals surface area contributed by atoms with Gasteiger partial charge in [0.05, 0.1) is 11.1 Å².